The monoisotopic (exact) mass is 227 g/mol. The molecule has 1 heterocycles. The van der Waals surface area contributed by atoms with Crippen LogP contribution in [0.1, 0.15) is 10.4 Å². The average Bonchev–Trinajstić information content (AvgIpc) is 2.29. The van der Waals surface area contributed by atoms with Crippen molar-refractivity contribution in [3.05, 3.63) is 24.0 Å². The van der Waals surface area contributed by atoms with Gasteiger partial charge >= 0.3 is 5.97 Å². The largest absolute Gasteiger partial charge is 0.489 e. The van der Waals surface area contributed by atoms with Crippen molar-refractivity contribution in [1.82, 2.24) is 4.98 Å². The first-order valence-corrected chi connectivity index (χ1v) is 4.74. The third-order valence-corrected chi connectivity index (χ3v) is 1.74. The predicted molar refractivity (Wildman–Crippen MR) is 54.6 cm³/mol. The summed E-state index contributed by atoms with van der Waals surface area (Å²) in [7, 11) is 0. The van der Waals surface area contributed by atoms with E-state index in [0.29, 0.717) is 0 Å². The van der Waals surface area contributed by atoms with Crippen LogP contribution < -0.4 is 4.74 Å². The lowest BCUT2D eigenvalue weighted by atomic mass is 10.2. The van der Waals surface area contributed by atoms with Gasteiger partial charge in [0.15, 0.2) is 5.75 Å². The van der Waals surface area contributed by atoms with Crippen LogP contribution in [-0.2, 0) is 4.74 Å². The quantitative estimate of drug-likeness (QED) is 0.645. The number of hydrogen-bond acceptors (Lipinski definition) is 5. The van der Waals surface area contributed by atoms with Crippen LogP contribution in [0.25, 0.3) is 0 Å². The molecule has 6 nitrogen and oxygen atoms in total. The molecule has 0 aliphatic carbocycles. The van der Waals surface area contributed by atoms with Gasteiger partial charge in [-0.25, -0.2) is 4.79 Å². The topological polar surface area (TPSA) is 88.9 Å². The van der Waals surface area contributed by atoms with Crippen molar-refractivity contribution in [3.8, 4) is 5.75 Å². The molecule has 0 saturated heterocycles. The zero-order chi connectivity index (χ0) is 11.8. The summed E-state index contributed by atoms with van der Waals surface area (Å²) < 4.78 is 10.2. The van der Waals surface area contributed by atoms with Gasteiger partial charge in [0.1, 0.15) is 12.2 Å². The summed E-state index contributed by atoms with van der Waals surface area (Å²) in [6.45, 7) is 0.690. The van der Waals surface area contributed by atoms with Crippen molar-refractivity contribution in [1.29, 1.82) is 0 Å². The summed E-state index contributed by atoms with van der Waals surface area (Å²) in [5, 5.41) is 17.3. The molecule has 88 valence electrons. The number of aromatic carboxylic acids is 1. The molecule has 0 radical (unpaired) electrons. The lowest BCUT2D eigenvalue weighted by Crippen LogP contribution is -2.11. The van der Waals surface area contributed by atoms with Gasteiger partial charge in [0, 0.05) is 6.20 Å². The highest BCUT2D eigenvalue weighted by molar-refractivity contribution is 5.90. The maximum Gasteiger partial charge on any atom is 0.339 e. The Morgan fingerprint density at radius 2 is 2.19 bits per heavy atom. The second kappa shape index (κ2) is 6.76. The maximum atomic E-state index is 10.8. The molecular formula is C10H13NO5. The molecular weight excluding hydrogens is 214 g/mol. The molecule has 0 saturated carbocycles. The number of pyridine rings is 1. The Labute approximate surface area is 92.5 Å². The Kier molecular flexibility index (Phi) is 5.24. The standard InChI is InChI=1S/C10H13NO5/c12-3-4-15-5-6-16-9-7-11-2-1-8(9)10(13)14/h1-2,7,12H,3-6H2,(H,13,14). The minimum Gasteiger partial charge on any atom is -0.489 e. The molecule has 2 N–H and O–H groups in total. The van der Waals surface area contributed by atoms with Crippen LogP contribution in [0.5, 0.6) is 5.75 Å². The van der Waals surface area contributed by atoms with Gasteiger partial charge in [-0.15, -0.1) is 0 Å². The normalized spacial score (nSPS) is 10.1. The van der Waals surface area contributed by atoms with Gasteiger partial charge in [-0.2, -0.15) is 0 Å². The summed E-state index contributed by atoms with van der Waals surface area (Å²) >= 11 is 0. The van der Waals surface area contributed by atoms with Gasteiger partial charge in [0.25, 0.3) is 0 Å². The summed E-state index contributed by atoms with van der Waals surface area (Å²) in [6, 6.07) is 1.37. The molecule has 0 aliphatic heterocycles. The number of aliphatic hydroxyl groups excluding tert-OH is 1. The highest BCUT2D eigenvalue weighted by Gasteiger charge is 2.10. The Balaban J connectivity index is 2.44. The van der Waals surface area contributed by atoms with E-state index in [1.807, 2.05) is 0 Å². The first kappa shape index (κ1) is 12.4. The molecule has 0 aliphatic rings. The van der Waals surface area contributed by atoms with E-state index in [9.17, 15) is 4.79 Å². The van der Waals surface area contributed by atoms with Crippen LogP contribution in [0.4, 0.5) is 0 Å². The van der Waals surface area contributed by atoms with Crippen molar-refractivity contribution in [2.24, 2.45) is 0 Å². The zero-order valence-electron chi connectivity index (χ0n) is 8.63. The molecule has 0 atom stereocenters. The Hall–Kier alpha value is -1.66. The fraction of sp³-hybridized carbons (Fsp3) is 0.400. The van der Waals surface area contributed by atoms with E-state index in [1.165, 1.54) is 18.5 Å². The summed E-state index contributed by atoms with van der Waals surface area (Å²) in [4.78, 5) is 14.6. The molecule has 0 amide bonds. The number of ether oxygens (including phenoxy) is 2. The number of carbonyl (C=O) groups is 1. The highest BCUT2D eigenvalue weighted by Crippen LogP contribution is 2.15. The van der Waals surface area contributed by atoms with Crippen LogP contribution in [-0.4, -0.2) is 47.6 Å². The van der Waals surface area contributed by atoms with Crippen LogP contribution in [0, 0.1) is 0 Å². The molecule has 0 aromatic carbocycles. The summed E-state index contributed by atoms with van der Waals surface area (Å²) in [6.07, 6.45) is 2.73. The molecule has 16 heavy (non-hydrogen) atoms. The molecule has 0 bridgehead atoms. The van der Waals surface area contributed by atoms with Crippen molar-refractivity contribution in [2.75, 3.05) is 26.4 Å². The van der Waals surface area contributed by atoms with Gasteiger partial charge in [-0.1, -0.05) is 0 Å². The minimum atomic E-state index is -1.06. The fourth-order valence-electron chi connectivity index (χ4n) is 1.05. The van der Waals surface area contributed by atoms with Gasteiger partial charge < -0.3 is 19.7 Å². The van der Waals surface area contributed by atoms with Gasteiger partial charge in [0.05, 0.1) is 26.0 Å². The number of aromatic nitrogens is 1. The zero-order valence-corrected chi connectivity index (χ0v) is 8.63. The SMILES string of the molecule is O=C(O)c1ccncc1OCCOCCO. The van der Waals surface area contributed by atoms with E-state index in [-0.39, 0.29) is 37.7 Å². The van der Waals surface area contributed by atoms with Crippen molar-refractivity contribution in [2.45, 2.75) is 0 Å². The van der Waals surface area contributed by atoms with E-state index >= 15 is 0 Å². The molecule has 1 aromatic rings. The van der Waals surface area contributed by atoms with Crippen molar-refractivity contribution < 1.29 is 24.5 Å². The lowest BCUT2D eigenvalue weighted by Gasteiger charge is -2.08. The number of hydrogen-bond donors (Lipinski definition) is 2. The number of rotatable bonds is 7. The summed E-state index contributed by atoms with van der Waals surface area (Å²) in [5.41, 5.74) is 0.0668. The third kappa shape index (κ3) is 3.84. The number of carboxylic acids is 1. The van der Waals surface area contributed by atoms with Crippen molar-refractivity contribution in [3.63, 3.8) is 0 Å². The van der Waals surface area contributed by atoms with E-state index in [2.05, 4.69) is 4.98 Å². The third-order valence-electron chi connectivity index (χ3n) is 1.74. The van der Waals surface area contributed by atoms with Crippen molar-refractivity contribution >= 4 is 5.97 Å². The first-order valence-electron chi connectivity index (χ1n) is 4.74. The molecule has 0 spiro atoms. The van der Waals surface area contributed by atoms with Crippen LogP contribution >= 0.6 is 0 Å². The summed E-state index contributed by atoms with van der Waals surface area (Å²) in [5.74, 6) is -0.851. The predicted octanol–water partition coefficient (Wildman–Crippen LogP) is 0.168. The van der Waals surface area contributed by atoms with E-state index < -0.39 is 5.97 Å². The maximum absolute atomic E-state index is 10.8. The molecule has 1 rings (SSSR count). The molecule has 1 aromatic heterocycles. The number of aliphatic hydroxyl groups is 1. The van der Waals surface area contributed by atoms with Crippen LogP contribution in [0.3, 0.4) is 0 Å². The van der Waals surface area contributed by atoms with E-state index in [0.717, 1.165) is 0 Å². The Morgan fingerprint density at radius 1 is 1.38 bits per heavy atom. The van der Waals surface area contributed by atoms with Gasteiger partial charge in [-0.05, 0) is 6.07 Å². The highest BCUT2D eigenvalue weighted by atomic mass is 16.5. The Morgan fingerprint density at radius 3 is 2.88 bits per heavy atom. The first-order chi connectivity index (χ1) is 7.75. The number of carboxylic acid groups (broad SMARTS) is 1. The smallest absolute Gasteiger partial charge is 0.339 e. The number of nitrogens with zero attached hydrogens (tertiary/aromatic N) is 1. The lowest BCUT2D eigenvalue weighted by molar-refractivity contribution is 0.0656. The molecule has 0 fully saturated rings. The van der Waals surface area contributed by atoms with Gasteiger partial charge in [-0.3, -0.25) is 4.98 Å². The minimum absolute atomic E-state index is 0.0483. The van der Waals surface area contributed by atoms with Crippen LogP contribution in [0.2, 0.25) is 0 Å². The van der Waals surface area contributed by atoms with E-state index in [1.54, 1.807) is 0 Å². The second-order valence-electron chi connectivity index (χ2n) is 2.86. The van der Waals surface area contributed by atoms with E-state index in [4.69, 9.17) is 19.7 Å². The molecule has 6 heteroatoms. The second-order valence-corrected chi connectivity index (χ2v) is 2.86. The Bertz CT molecular complexity index is 342. The fourth-order valence-corrected chi connectivity index (χ4v) is 1.05. The molecule has 0 unspecified atom stereocenters. The average molecular weight is 227 g/mol. The van der Waals surface area contributed by atoms with Gasteiger partial charge in [0.2, 0.25) is 0 Å². The van der Waals surface area contributed by atoms with Crippen LogP contribution in [0.15, 0.2) is 18.5 Å².